The van der Waals surface area contributed by atoms with E-state index in [0.29, 0.717) is 12.5 Å². The molecule has 1 aliphatic carbocycles. The standard InChI is InChI=1S/C15H27NO/c1-5-11-17-16-14(12-15(2,3)4)13-9-7-6-8-10-13/h5,13H,1,6-12H2,2-4H3/b16-14+. The van der Waals surface area contributed by atoms with Crippen molar-refractivity contribution in [3.05, 3.63) is 12.7 Å². The van der Waals surface area contributed by atoms with Crippen LogP contribution in [0.3, 0.4) is 0 Å². The number of hydrogen-bond acceptors (Lipinski definition) is 2. The van der Waals surface area contributed by atoms with Crippen molar-refractivity contribution in [3.8, 4) is 0 Å². The van der Waals surface area contributed by atoms with Gasteiger partial charge >= 0.3 is 0 Å². The Hall–Kier alpha value is -0.790. The lowest BCUT2D eigenvalue weighted by molar-refractivity contribution is 0.169. The van der Waals surface area contributed by atoms with E-state index in [0.717, 1.165) is 6.42 Å². The normalized spacial score (nSPS) is 19.1. The van der Waals surface area contributed by atoms with Crippen LogP contribution in [0.5, 0.6) is 0 Å². The Morgan fingerprint density at radius 3 is 2.47 bits per heavy atom. The van der Waals surface area contributed by atoms with Crippen molar-refractivity contribution in [2.45, 2.75) is 59.3 Å². The Kier molecular flexibility index (Phi) is 5.73. The highest BCUT2D eigenvalue weighted by molar-refractivity contribution is 5.86. The van der Waals surface area contributed by atoms with E-state index >= 15 is 0 Å². The maximum Gasteiger partial charge on any atom is 0.135 e. The van der Waals surface area contributed by atoms with E-state index in [1.54, 1.807) is 6.08 Å². The summed E-state index contributed by atoms with van der Waals surface area (Å²) in [4.78, 5) is 5.31. The van der Waals surface area contributed by atoms with Gasteiger partial charge in [0.15, 0.2) is 0 Å². The minimum Gasteiger partial charge on any atom is -0.392 e. The van der Waals surface area contributed by atoms with Crippen LogP contribution in [0.2, 0.25) is 0 Å². The van der Waals surface area contributed by atoms with E-state index in [1.807, 2.05) is 0 Å². The molecule has 1 aliphatic rings. The second kappa shape index (κ2) is 6.83. The third kappa shape index (κ3) is 5.90. The Morgan fingerprint density at radius 2 is 1.94 bits per heavy atom. The van der Waals surface area contributed by atoms with E-state index in [2.05, 4.69) is 32.5 Å². The topological polar surface area (TPSA) is 21.6 Å². The van der Waals surface area contributed by atoms with Gasteiger partial charge in [-0.3, -0.25) is 0 Å². The molecule has 2 heteroatoms. The lowest BCUT2D eigenvalue weighted by atomic mass is 9.79. The molecule has 0 aromatic rings. The van der Waals surface area contributed by atoms with Crippen molar-refractivity contribution >= 4 is 5.71 Å². The molecule has 0 aliphatic heterocycles. The SMILES string of the molecule is C=CCO/N=C(\CC(C)(C)C)C1CCCCC1. The molecule has 0 spiro atoms. The van der Waals surface area contributed by atoms with Crippen LogP contribution in [-0.4, -0.2) is 12.3 Å². The van der Waals surface area contributed by atoms with Gasteiger partial charge < -0.3 is 4.84 Å². The van der Waals surface area contributed by atoms with E-state index in [9.17, 15) is 0 Å². The van der Waals surface area contributed by atoms with Gasteiger partial charge in [-0.05, 0) is 24.7 Å². The van der Waals surface area contributed by atoms with Gasteiger partial charge in [-0.15, -0.1) is 0 Å². The average Bonchev–Trinajstić information content (AvgIpc) is 2.28. The minimum atomic E-state index is 0.286. The van der Waals surface area contributed by atoms with Crippen molar-refractivity contribution in [1.82, 2.24) is 0 Å². The van der Waals surface area contributed by atoms with Crippen LogP contribution in [0.15, 0.2) is 17.8 Å². The quantitative estimate of drug-likeness (QED) is 0.297. The van der Waals surface area contributed by atoms with Crippen LogP contribution < -0.4 is 0 Å². The molecule has 0 N–H and O–H groups in total. The van der Waals surface area contributed by atoms with Gasteiger partial charge in [0.2, 0.25) is 0 Å². The monoisotopic (exact) mass is 237 g/mol. The van der Waals surface area contributed by atoms with E-state index in [1.165, 1.54) is 37.8 Å². The lowest BCUT2D eigenvalue weighted by Gasteiger charge is -2.27. The van der Waals surface area contributed by atoms with Gasteiger partial charge in [-0.25, -0.2) is 0 Å². The summed E-state index contributed by atoms with van der Waals surface area (Å²) in [6, 6.07) is 0. The van der Waals surface area contributed by atoms with Gasteiger partial charge in [-0.2, -0.15) is 0 Å². The number of nitrogens with zero attached hydrogens (tertiary/aromatic N) is 1. The van der Waals surface area contributed by atoms with Crippen LogP contribution >= 0.6 is 0 Å². The van der Waals surface area contributed by atoms with Gasteiger partial charge in [0.25, 0.3) is 0 Å². The molecule has 1 rings (SSSR count). The molecule has 1 saturated carbocycles. The fourth-order valence-electron chi connectivity index (χ4n) is 2.40. The van der Waals surface area contributed by atoms with Gasteiger partial charge in [0.05, 0.1) is 5.71 Å². The maximum absolute atomic E-state index is 5.31. The maximum atomic E-state index is 5.31. The molecule has 0 unspecified atom stereocenters. The van der Waals surface area contributed by atoms with Crippen molar-refractivity contribution in [3.63, 3.8) is 0 Å². The summed E-state index contributed by atoms with van der Waals surface area (Å²) in [6.45, 7) is 11.0. The highest BCUT2D eigenvalue weighted by atomic mass is 16.6. The molecular formula is C15H27NO. The van der Waals surface area contributed by atoms with E-state index in [-0.39, 0.29) is 5.41 Å². The molecule has 0 heterocycles. The molecule has 0 atom stereocenters. The zero-order valence-corrected chi connectivity index (χ0v) is 11.7. The van der Waals surface area contributed by atoms with Crippen molar-refractivity contribution < 1.29 is 4.84 Å². The van der Waals surface area contributed by atoms with Gasteiger partial charge in [0.1, 0.15) is 6.61 Å². The Bertz CT molecular complexity index is 257. The van der Waals surface area contributed by atoms with Crippen LogP contribution in [0.4, 0.5) is 0 Å². The molecule has 0 amide bonds. The van der Waals surface area contributed by atoms with Crippen molar-refractivity contribution in [1.29, 1.82) is 0 Å². The highest BCUT2D eigenvalue weighted by Crippen LogP contribution is 2.30. The first-order valence-corrected chi connectivity index (χ1v) is 6.82. The first-order valence-electron chi connectivity index (χ1n) is 6.82. The summed E-state index contributed by atoms with van der Waals surface area (Å²) in [5.41, 5.74) is 1.55. The molecule has 2 nitrogen and oxygen atoms in total. The summed E-state index contributed by atoms with van der Waals surface area (Å²) in [5, 5.41) is 4.37. The molecular weight excluding hydrogens is 210 g/mol. The summed E-state index contributed by atoms with van der Waals surface area (Å²) in [7, 11) is 0. The molecule has 0 aromatic carbocycles. The van der Waals surface area contributed by atoms with Crippen molar-refractivity contribution in [2.75, 3.05) is 6.61 Å². The van der Waals surface area contributed by atoms with Crippen LogP contribution in [0.25, 0.3) is 0 Å². The van der Waals surface area contributed by atoms with Crippen molar-refractivity contribution in [2.24, 2.45) is 16.5 Å². The van der Waals surface area contributed by atoms with Crippen LogP contribution in [-0.2, 0) is 4.84 Å². The fourth-order valence-corrected chi connectivity index (χ4v) is 2.40. The molecule has 0 radical (unpaired) electrons. The predicted molar refractivity (Wildman–Crippen MR) is 74.2 cm³/mol. The molecule has 17 heavy (non-hydrogen) atoms. The third-order valence-electron chi connectivity index (χ3n) is 3.16. The highest BCUT2D eigenvalue weighted by Gasteiger charge is 2.24. The molecule has 0 saturated heterocycles. The minimum absolute atomic E-state index is 0.286. The van der Waals surface area contributed by atoms with Gasteiger partial charge in [-0.1, -0.05) is 57.8 Å². The molecule has 98 valence electrons. The first kappa shape index (κ1) is 14.3. The Morgan fingerprint density at radius 1 is 1.29 bits per heavy atom. The molecule has 1 fully saturated rings. The zero-order valence-electron chi connectivity index (χ0n) is 11.7. The Balaban J connectivity index is 2.62. The van der Waals surface area contributed by atoms with E-state index < -0.39 is 0 Å². The molecule has 0 bridgehead atoms. The summed E-state index contributed by atoms with van der Waals surface area (Å²) >= 11 is 0. The van der Waals surface area contributed by atoms with Crippen LogP contribution in [0.1, 0.15) is 59.3 Å². The summed E-state index contributed by atoms with van der Waals surface area (Å²) < 4.78 is 0. The summed E-state index contributed by atoms with van der Waals surface area (Å²) in [5.74, 6) is 0.646. The second-order valence-electron chi connectivity index (χ2n) is 6.24. The third-order valence-corrected chi connectivity index (χ3v) is 3.16. The van der Waals surface area contributed by atoms with Gasteiger partial charge in [0, 0.05) is 5.92 Å². The lowest BCUT2D eigenvalue weighted by Crippen LogP contribution is -2.23. The summed E-state index contributed by atoms with van der Waals surface area (Å²) in [6.07, 6.45) is 9.42. The number of oxime groups is 1. The number of hydrogen-bond donors (Lipinski definition) is 0. The Labute approximate surface area is 106 Å². The predicted octanol–water partition coefficient (Wildman–Crippen LogP) is 4.56. The largest absolute Gasteiger partial charge is 0.392 e. The first-order chi connectivity index (χ1) is 8.03. The fraction of sp³-hybridized carbons (Fsp3) is 0.800. The smallest absolute Gasteiger partial charge is 0.135 e. The van der Waals surface area contributed by atoms with Crippen LogP contribution in [0, 0.1) is 11.3 Å². The molecule has 0 aromatic heterocycles. The average molecular weight is 237 g/mol. The van der Waals surface area contributed by atoms with E-state index in [4.69, 9.17) is 4.84 Å². The second-order valence-corrected chi connectivity index (χ2v) is 6.24. The zero-order chi connectivity index (χ0) is 12.7. The number of rotatable bonds is 5.